The number of ether oxygens (including phenoxy) is 2. The summed E-state index contributed by atoms with van der Waals surface area (Å²) in [6.07, 6.45) is 9.80. The third-order valence-corrected chi connectivity index (χ3v) is 5.74. The molecule has 1 aromatic heterocycles. The summed E-state index contributed by atoms with van der Waals surface area (Å²) in [5.41, 5.74) is 2.34. The molecule has 1 aromatic carbocycles. The third-order valence-electron chi connectivity index (χ3n) is 5.74. The molecule has 0 radical (unpaired) electrons. The standard InChI is InChI=1S/C24H38N4O3/c1-26(16-21-14-25-27(2)17-21)15-20-9-10-23(24(13-20)30-3)31-19-22(29)18-28-11-7-5-4-6-8-12-28/h9-10,13-14,17,22,29H,4-8,11-12,15-16,18-19H2,1-3H3/t22-/m0/s1. The van der Waals surface area contributed by atoms with E-state index < -0.39 is 6.10 Å². The highest BCUT2D eigenvalue weighted by Gasteiger charge is 2.15. The minimum atomic E-state index is -0.505. The van der Waals surface area contributed by atoms with Crippen molar-refractivity contribution in [2.45, 2.75) is 51.3 Å². The van der Waals surface area contributed by atoms with E-state index >= 15 is 0 Å². The number of hydrogen-bond donors (Lipinski definition) is 1. The first-order chi connectivity index (χ1) is 15.0. The number of aromatic nitrogens is 2. The minimum absolute atomic E-state index is 0.271. The normalized spacial score (nSPS) is 16.7. The van der Waals surface area contributed by atoms with Crippen LogP contribution in [0, 0.1) is 0 Å². The fourth-order valence-electron chi connectivity index (χ4n) is 4.19. The van der Waals surface area contributed by atoms with Crippen LogP contribution in [0.1, 0.15) is 43.2 Å². The Hall–Kier alpha value is -2.09. The van der Waals surface area contributed by atoms with E-state index in [4.69, 9.17) is 9.47 Å². The van der Waals surface area contributed by atoms with Crippen molar-refractivity contribution in [3.05, 3.63) is 41.7 Å². The fourth-order valence-corrected chi connectivity index (χ4v) is 4.19. The summed E-state index contributed by atoms with van der Waals surface area (Å²) in [4.78, 5) is 4.60. The molecule has 2 heterocycles. The van der Waals surface area contributed by atoms with Gasteiger partial charge in [0, 0.05) is 38.4 Å². The van der Waals surface area contributed by atoms with E-state index in [1.807, 2.05) is 36.3 Å². The largest absolute Gasteiger partial charge is 0.493 e. The Morgan fingerprint density at radius 1 is 1.06 bits per heavy atom. The number of likely N-dealkylation sites (tertiary alicyclic amines) is 1. The summed E-state index contributed by atoms with van der Waals surface area (Å²) < 4.78 is 13.3. The summed E-state index contributed by atoms with van der Waals surface area (Å²) in [6.45, 7) is 4.70. The number of benzene rings is 1. The van der Waals surface area contributed by atoms with Gasteiger partial charge in [-0.3, -0.25) is 9.58 Å². The first kappa shape index (κ1) is 23.6. The van der Waals surface area contributed by atoms with Crippen molar-refractivity contribution in [2.24, 2.45) is 7.05 Å². The average Bonchev–Trinajstić information content (AvgIpc) is 3.13. The molecule has 172 valence electrons. The van der Waals surface area contributed by atoms with Crippen LogP contribution in [0.15, 0.2) is 30.6 Å². The Kier molecular flexibility index (Phi) is 9.18. The number of aliphatic hydroxyl groups is 1. The minimum Gasteiger partial charge on any atom is -0.493 e. The topological polar surface area (TPSA) is 63.0 Å². The van der Waals surface area contributed by atoms with E-state index in [1.165, 1.54) is 37.7 Å². The van der Waals surface area contributed by atoms with Gasteiger partial charge in [-0.05, 0) is 50.7 Å². The summed E-state index contributed by atoms with van der Waals surface area (Å²) in [6, 6.07) is 6.01. The number of methoxy groups -OCH3 is 1. The lowest BCUT2D eigenvalue weighted by molar-refractivity contribution is 0.0645. The number of β-amino-alcohol motifs (C(OH)–C–C–N with tert-alkyl or cyclic N) is 1. The Morgan fingerprint density at radius 2 is 1.77 bits per heavy atom. The summed E-state index contributed by atoms with van der Waals surface area (Å²) in [5, 5.41) is 14.7. The fraction of sp³-hybridized carbons (Fsp3) is 0.625. The highest BCUT2D eigenvalue weighted by atomic mass is 16.5. The predicted molar refractivity (Wildman–Crippen MR) is 122 cm³/mol. The zero-order valence-electron chi connectivity index (χ0n) is 19.3. The second kappa shape index (κ2) is 12.1. The van der Waals surface area contributed by atoms with Crippen molar-refractivity contribution < 1.29 is 14.6 Å². The summed E-state index contributed by atoms with van der Waals surface area (Å²) in [5.74, 6) is 1.37. The second-order valence-corrected chi connectivity index (χ2v) is 8.71. The molecule has 0 spiro atoms. The summed E-state index contributed by atoms with van der Waals surface area (Å²) >= 11 is 0. The molecule has 1 aliphatic heterocycles. The first-order valence-corrected chi connectivity index (χ1v) is 11.4. The Balaban J connectivity index is 1.49. The van der Waals surface area contributed by atoms with E-state index in [9.17, 15) is 5.11 Å². The zero-order chi connectivity index (χ0) is 22.1. The van der Waals surface area contributed by atoms with Crippen LogP contribution in [0.3, 0.4) is 0 Å². The number of hydrogen-bond acceptors (Lipinski definition) is 6. The van der Waals surface area contributed by atoms with Crippen LogP contribution in [0.5, 0.6) is 11.5 Å². The average molecular weight is 431 g/mol. The lowest BCUT2D eigenvalue weighted by Crippen LogP contribution is -2.37. The molecule has 31 heavy (non-hydrogen) atoms. The molecule has 0 saturated carbocycles. The number of rotatable bonds is 10. The highest BCUT2D eigenvalue weighted by molar-refractivity contribution is 5.43. The van der Waals surface area contributed by atoms with Gasteiger partial charge in [0.05, 0.1) is 13.3 Å². The number of nitrogens with zero attached hydrogens (tertiary/aromatic N) is 4. The molecular weight excluding hydrogens is 392 g/mol. The molecule has 1 aliphatic rings. The third kappa shape index (κ3) is 7.83. The van der Waals surface area contributed by atoms with Crippen LogP contribution in [-0.2, 0) is 20.1 Å². The Morgan fingerprint density at radius 3 is 2.45 bits per heavy atom. The Labute approximate surface area is 186 Å². The monoisotopic (exact) mass is 430 g/mol. The molecule has 7 heteroatoms. The maximum atomic E-state index is 10.5. The smallest absolute Gasteiger partial charge is 0.161 e. The number of aliphatic hydroxyl groups excluding tert-OH is 1. The number of aryl methyl sites for hydroxylation is 1. The van der Waals surface area contributed by atoms with E-state index in [0.29, 0.717) is 18.0 Å². The molecule has 0 unspecified atom stereocenters. The van der Waals surface area contributed by atoms with Crippen LogP contribution in [0.2, 0.25) is 0 Å². The van der Waals surface area contributed by atoms with E-state index in [1.54, 1.807) is 7.11 Å². The van der Waals surface area contributed by atoms with Crippen LogP contribution >= 0.6 is 0 Å². The van der Waals surface area contributed by atoms with Gasteiger partial charge in [-0.15, -0.1) is 0 Å². The molecule has 1 saturated heterocycles. The molecule has 0 bridgehead atoms. The van der Waals surface area contributed by atoms with Crippen LogP contribution in [0.25, 0.3) is 0 Å². The van der Waals surface area contributed by atoms with Crippen molar-refractivity contribution in [2.75, 3.05) is 40.4 Å². The van der Waals surface area contributed by atoms with E-state index in [2.05, 4.69) is 28.0 Å². The van der Waals surface area contributed by atoms with Crippen LogP contribution < -0.4 is 9.47 Å². The SMILES string of the molecule is COc1cc(CN(C)Cc2cnn(C)c2)ccc1OC[C@@H](O)CN1CCCCCCC1. The Bertz CT molecular complexity index is 787. The van der Waals surface area contributed by atoms with Gasteiger partial charge < -0.3 is 19.5 Å². The van der Waals surface area contributed by atoms with Crippen molar-refractivity contribution in [3.8, 4) is 11.5 Å². The van der Waals surface area contributed by atoms with Gasteiger partial charge >= 0.3 is 0 Å². The molecule has 0 aliphatic carbocycles. The van der Waals surface area contributed by atoms with Crippen molar-refractivity contribution >= 4 is 0 Å². The van der Waals surface area contributed by atoms with Gasteiger partial charge in [0.15, 0.2) is 11.5 Å². The molecule has 2 aromatic rings. The molecule has 7 nitrogen and oxygen atoms in total. The van der Waals surface area contributed by atoms with Crippen molar-refractivity contribution in [1.82, 2.24) is 19.6 Å². The molecule has 3 rings (SSSR count). The molecular formula is C24H38N4O3. The quantitative estimate of drug-likeness (QED) is 0.625. The maximum Gasteiger partial charge on any atom is 0.161 e. The van der Waals surface area contributed by atoms with E-state index in [-0.39, 0.29) is 6.61 Å². The van der Waals surface area contributed by atoms with Crippen LogP contribution in [0.4, 0.5) is 0 Å². The first-order valence-electron chi connectivity index (χ1n) is 11.4. The van der Waals surface area contributed by atoms with E-state index in [0.717, 1.165) is 31.7 Å². The van der Waals surface area contributed by atoms with Gasteiger partial charge in [-0.1, -0.05) is 25.3 Å². The van der Waals surface area contributed by atoms with Gasteiger partial charge in [0.25, 0.3) is 0 Å². The van der Waals surface area contributed by atoms with Gasteiger partial charge in [0.1, 0.15) is 12.7 Å². The van der Waals surface area contributed by atoms with Gasteiger partial charge in [-0.2, -0.15) is 5.10 Å². The van der Waals surface area contributed by atoms with Crippen molar-refractivity contribution in [3.63, 3.8) is 0 Å². The molecule has 1 atom stereocenters. The lowest BCUT2D eigenvalue weighted by atomic mass is 10.1. The van der Waals surface area contributed by atoms with Gasteiger partial charge in [-0.25, -0.2) is 0 Å². The van der Waals surface area contributed by atoms with Crippen molar-refractivity contribution in [1.29, 1.82) is 0 Å². The highest BCUT2D eigenvalue weighted by Crippen LogP contribution is 2.29. The predicted octanol–water partition coefficient (Wildman–Crippen LogP) is 3.07. The van der Waals surface area contributed by atoms with Crippen LogP contribution in [-0.4, -0.2) is 71.2 Å². The maximum absolute atomic E-state index is 10.5. The molecule has 1 fully saturated rings. The molecule has 1 N–H and O–H groups in total. The second-order valence-electron chi connectivity index (χ2n) is 8.71. The lowest BCUT2D eigenvalue weighted by Gasteiger charge is -2.26. The van der Waals surface area contributed by atoms with Gasteiger partial charge in [0.2, 0.25) is 0 Å². The summed E-state index contributed by atoms with van der Waals surface area (Å²) in [7, 11) is 5.67. The molecule has 0 amide bonds. The zero-order valence-corrected chi connectivity index (χ0v) is 19.3.